The summed E-state index contributed by atoms with van der Waals surface area (Å²) in [6, 6.07) is 1.22. The van der Waals surface area contributed by atoms with Gasteiger partial charge in [-0.2, -0.15) is 0 Å². The van der Waals surface area contributed by atoms with E-state index in [2.05, 4.69) is 51.4 Å². The maximum absolute atomic E-state index is 3.83. The van der Waals surface area contributed by atoms with E-state index in [1.54, 1.807) is 0 Å². The highest BCUT2D eigenvalue weighted by molar-refractivity contribution is 4.80. The molecule has 0 aliphatic rings. The van der Waals surface area contributed by atoms with Gasteiger partial charge in [-0.3, -0.25) is 4.90 Å². The van der Waals surface area contributed by atoms with Crippen LogP contribution in [0.5, 0.6) is 0 Å². The van der Waals surface area contributed by atoms with Gasteiger partial charge in [-0.25, -0.2) is 0 Å². The number of hydrogen-bond donors (Lipinski definition) is 1. The van der Waals surface area contributed by atoms with E-state index in [0.29, 0.717) is 12.1 Å². The Morgan fingerprint density at radius 3 is 2.25 bits per heavy atom. The van der Waals surface area contributed by atoms with Crippen molar-refractivity contribution in [3.05, 3.63) is 12.7 Å². The molecule has 0 aliphatic heterocycles. The van der Waals surface area contributed by atoms with Crippen molar-refractivity contribution in [2.45, 2.75) is 53.1 Å². The maximum atomic E-state index is 3.83. The molecule has 1 atom stereocenters. The summed E-state index contributed by atoms with van der Waals surface area (Å²) in [5, 5.41) is 3.50. The maximum Gasteiger partial charge on any atom is 0.0166 e. The summed E-state index contributed by atoms with van der Waals surface area (Å²) < 4.78 is 0. The lowest BCUT2D eigenvalue weighted by Crippen LogP contribution is -2.40. The Morgan fingerprint density at radius 2 is 1.81 bits per heavy atom. The molecule has 2 nitrogen and oxygen atoms in total. The molecule has 0 heterocycles. The van der Waals surface area contributed by atoms with Crippen molar-refractivity contribution in [2.24, 2.45) is 5.92 Å². The Balaban J connectivity index is 3.82. The molecule has 2 heteroatoms. The molecule has 0 aromatic carbocycles. The van der Waals surface area contributed by atoms with Gasteiger partial charge >= 0.3 is 0 Å². The van der Waals surface area contributed by atoms with Crippen LogP contribution >= 0.6 is 0 Å². The van der Waals surface area contributed by atoms with Crippen LogP contribution in [0.2, 0.25) is 0 Å². The minimum absolute atomic E-state index is 0.595. The van der Waals surface area contributed by atoms with E-state index in [0.717, 1.165) is 25.6 Å². The first kappa shape index (κ1) is 15.7. The van der Waals surface area contributed by atoms with E-state index in [4.69, 9.17) is 0 Å². The molecule has 1 unspecified atom stereocenters. The summed E-state index contributed by atoms with van der Waals surface area (Å²) in [4.78, 5) is 2.49. The highest BCUT2D eigenvalue weighted by atomic mass is 15.2. The van der Waals surface area contributed by atoms with E-state index in [-0.39, 0.29) is 0 Å². The average Bonchev–Trinajstić information content (AvgIpc) is 2.19. The monoisotopic (exact) mass is 226 g/mol. The lowest BCUT2D eigenvalue weighted by Gasteiger charge is -2.31. The fourth-order valence-corrected chi connectivity index (χ4v) is 1.92. The lowest BCUT2D eigenvalue weighted by atomic mass is 10.1. The zero-order chi connectivity index (χ0) is 12.6. The SMILES string of the molecule is C=CCN(C(C)C)C(C)CCNCC(C)C. The quantitative estimate of drug-likeness (QED) is 0.480. The Labute approximate surface area is 102 Å². The molecule has 0 fully saturated rings. The predicted octanol–water partition coefficient (Wildman–Crippen LogP) is 2.91. The van der Waals surface area contributed by atoms with Crippen LogP contribution in [0.25, 0.3) is 0 Å². The molecule has 0 radical (unpaired) electrons. The smallest absolute Gasteiger partial charge is 0.0166 e. The van der Waals surface area contributed by atoms with Gasteiger partial charge in [0.15, 0.2) is 0 Å². The first-order valence-electron chi connectivity index (χ1n) is 6.56. The van der Waals surface area contributed by atoms with E-state index < -0.39 is 0 Å². The number of nitrogens with zero attached hydrogens (tertiary/aromatic N) is 1. The predicted molar refractivity (Wildman–Crippen MR) is 73.8 cm³/mol. The molecule has 0 saturated carbocycles. The van der Waals surface area contributed by atoms with Crippen LogP contribution in [0, 0.1) is 5.92 Å². The molecule has 0 spiro atoms. The normalized spacial score (nSPS) is 13.8. The Bertz CT molecular complexity index is 176. The molecule has 0 aromatic rings. The summed E-state index contributed by atoms with van der Waals surface area (Å²) in [5.41, 5.74) is 0. The second kappa shape index (κ2) is 8.77. The molecule has 0 saturated heterocycles. The summed E-state index contributed by atoms with van der Waals surface area (Å²) in [6.07, 6.45) is 3.21. The topological polar surface area (TPSA) is 15.3 Å². The van der Waals surface area contributed by atoms with Crippen molar-refractivity contribution in [3.8, 4) is 0 Å². The third-order valence-corrected chi connectivity index (χ3v) is 2.86. The van der Waals surface area contributed by atoms with Crippen LogP contribution in [0.15, 0.2) is 12.7 Å². The first-order valence-corrected chi connectivity index (χ1v) is 6.56. The van der Waals surface area contributed by atoms with Gasteiger partial charge < -0.3 is 5.32 Å². The number of nitrogens with one attached hydrogen (secondary N) is 1. The largest absolute Gasteiger partial charge is 0.316 e. The average molecular weight is 226 g/mol. The van der Waals surface area contributed by atoms with Crippen LogP contribution in [0.4, 0.5) is 0 Å². The molecule has 0 amide bonds. The van der Waals surface area contributed by atoms with Gasteiger partial charge in [0.1, 0.15) is 0 Å². The van der Waals surface area contributed by atoms with Crippen molar-refractivity contribution in [2.75, 3.05) is 19.6 Å². The van der Waals surface area contributed by atoms with E-state index in [1.807, 2.05) is 6.08 Å². The second-order valence-corrected chi connectivity index (χ2v) is 5.31. The van der Waals surface area contributed by atoms with Crippen LogP contribution in [0.1, 0.15) is 41.0 Å². The Morgan fingerprint density at radius 1 is 1.19 bits per heavy atom. The molecular formula is C14H30N2. The van der Waals surface area contributed by atoms with E-state index in [9.17, 15) is 0 Å². The van der Waals surface area contributed by atoms with Crippen molar-refractivity contribution < 1.29 is 0 Å². The third-order valence-electron chi connectivity index (χ3n) is 2.86. The van der Waals surface area contributed by atoms with E-state index >= 15 is 0 Å². The van der Waals surface area contributed by atoms with Gasteiger partial charge in [-0.05, 0) is 46.2 Å². The van der Waals surface area contributed by atoms with Crippen molar-refractivity contribution in [1.29, 1.82) is 0 Å². The molecule has 0 bridgehead atoms. The Hall–Kier alpha value is -0.340. The van der Waals surface area contributed by atoms with Gasteiger partial charge in [0, 0.05) is 18.6 Å². The van der Waals surface area contributed by atoms with E-state index in [1.165, 1.54) is 6.42 Å². The first-order chi connectivity index (χ1) is 7.49. The second-order valence-electron chi connectivity index (χ2n) is 5.31. The minimum Gasteiger partial charge on any atom is -0.316 e. The number of rotatable bonds is 9. The number of hydrogen-bond acceptors (Lipinski definition) is 2. The van der Waals surface area contributed by atoms with Crippen molar-refractivity contribution in [1.82, 2.24) is 10.2 Å². The molecular weight excluding hydrogens is 196 g/mol. The Kier molecular flexibility index (Phi) is 8.58. The van der Waals surface area contributed by atoms with Crippen molar-refractivity contribution in [3.63, 3.8) is 0 Å². The van der Waals surface area contributed by atoms with Gasteiger partial charge in [0.05, 0.1) is 0 Å². The third kappa shape index (κ3) is 7.02. The van der Waals surface area contributed by atoms with Gasteiger partial charge in [0.25, 0.3) is 0 Å². The molecule has 1 N–H and O–H groups in total. The molecule has 0 aliphatic carbocycles. The van der Waals surface area contributed by atoms with Crippen LogP contribution in [0.3, 0.4) is 0 Å². The fraction of sp³-hybridized carbons (Fsp3) is 0.857. The summed E-state index contributed by atoms with van der Waals surface area (Å²) >= 11 is 0. The van der Waals surface area contributed by atoms with Crippen LogP contribution < -0.4 is 5.32 Å². The summed E-state index contributed by atoms with van der Waals surface area (Å²) in [5.74, 6) is 0.740. The van der Waals surface area contributed by atoms with Gasteiger partial charge in [-0.1, -0.05) is 19.9 Å². The lowest BCUT2D eigenvalue weighted by molar-refractivity contribution is 0.175. The zero-order valence-electron chi connectivity index (χ0n) is 11.8. The van der Waals surface area contributed by atoms with Crippen LogP contribution in [-0.4, -0.2) is 36.6 Å². The highest BCUT2D eigenvalue weighted by Crippen LogP contribution is 2.08. The standard InChI is InChI=1S/C14H30N2/c1-7-10-16(13(4)5)14(6)8-9-15-11-12(2)3/h7,12-15H,1,8-11H2,2-6H3. The fourth-order valence-electron chi connectivity index (χ4n) is 1.92. The molecule has 0 rings (SSSR count). The van der Waals surface area contributed by atoms with Crippen LogP contribution in [-0.2, 0) is 0 Å². The van der Waals surface area contributed by atoms with Crippen molar-refractivity contribution >= 4 is 0 Å². The summed E-state index contributed by atoms with van der Waals surface area (Å²) in [6.45, 7) is 18.3. The highest BCUT2D eigenvalue weighted by Gasteiger charge is 2.14. The minimum atomic E-state index is 0.595. The zero-order valence-corrected chi connectivity index (χ0v) is 11.8. The molecule has 96 valence electrons. The molecule has 0 aromatic heterocycles. The van der Waals surface area contributed by atoms with Gasteiger partial charge in [-0.15, -0.1) is 6.58 Å². The summed E-state index contributed by atoms with van der Waals surface area (Å²) in [7, 11) is 0. The molecule has 16 heavy (non-hydrogen) atoms. The van der Waals surface area contributed by atoms with Gasteiger partial charge in [0.2, 0.25) is 0 Å².